The molecule has 4 aromatic carbocycles. The van der Waals surface area contributed by atoms with Crippen molar-refractivity contribution >= 4 is 23.2 Å². The zero-order chi connectivity index (χ0) is 31.7. The summed E-state index contributed by atoms with van der Waals surface area (Å²) in [6, 6.07) is 26.4. The number of carbonyl (C=O) groups is 2. The fraction of sp³-hybridized carbons (Fsp3) is 0.278. The van der Waals surface area contributed by atoms with E-state index in [1.54, 1.807) is 29.2 Å². The molecule has 2 aliphatic heterocycles. The van der Waals surface area contributed by atoms with Gasteiger partial charge >= 0.3 is 6.18 Å². The predicted molar refractivity (Wildman–Crippen MR) is 169 cm³/mol. The van der Waals surface area contributed by atoms with E-state index < -0.39 is 23.7 Å². The summed E-state index contributed by atoms with van der Waals surface area (Å²) in [5.74, 6) is -1.50. The van der Waals surface area contributed by atoms with Crippen LogP contribution in [-0.4, -0.2) is 54.8 Å². The molecular weight excluding hydrogens is 577 g/mol. The molecule has 2 amide bonds. The monoisotopic (exact) mass is 612 g/mol. The molecule has 0 radical (unpaired) electrons. The first-order valence-electron chi connectivity index (χ1n) is 15.1. The SMILES string of the molecule is Cc1ccc(CN2C(=O)c3ccccc3[C@H](C(=O)Nc3cccc(N4CCN(C)CC4)c3)[C@H]2c2ccc(C(F)(F)F)cc2)cc1. The van der Waals surface area contributed by atoms with Crippen molar-refractivity contribution in [1.29, 1.82) is 0 Å². The summed E-state index contributed by atoms with van der Waals surface area (Å²) in [4.78, 5) is 34.6. The Morgan fingerprint density at radius 1 is 0.867 bits per heavy atom. The molecule has 1 saturated heterocycles. The van der Waals surface area contributed by atoms with Gasteiger partial charge in [-0.15, -0.1) is 0 Å². The number of alkyl halides is 3. The van der Waals surface area contributed by atoms with Crippen LogP contribution in [0.25, 0.3) is 0 Å². The van der Waals surface area contributed by atoms with E-state index >= 15 is 0 Å². The largest absolute Gasteiger partial charge is 0.416 e. The lowest BCUT2D eigenvalue weighted by Gasteiger charge is -2.42. The number of carbonyl (C=O) groups excluding carboxylic acids is 2. The Hall–Kier alpha value is -4.63. The van der Waals surface area contributed by atoms with E-state index in [2.05, 4.69) is 22.2 Å². The number of hydrogen-bond donors (Lipinski definition) is 1. The summed E-state index contributed by atoms with van der Waals surface area (Å²) < 4.78 is 40.6. The van der Waals surface area contributed by atoms with E-state index in [1.807, 2.05) is 55.5 Å². The quantitative estimate of drug-likeness (QED) is 0.258. The van der Waals surface area contributed by atoms with Gasteiger partial charge in [-0.1, -0.05) is 66.2 Å². The van der Waals surface area contributed by atoms with Crippen molar-refractivity contribution in [3.05, 3.63) is 130 Å². The van der Waals surface area contributed by atoms with Crippen LogP contribution in [0.2, 0.25) is 0 Å². The average molecular weight is 613 g/mol. The average Bonchev–Trinajstić information content (AvgIpc) is 3.03. The van der Waals surface area contributed by atoms with E-state index in [9.17, 15) is 22.8 Å². The van der Waals surface area contributed by atoms with Crippen LogP contribution in [0.5, 0.6) is 0 Å². The molecule has 4 aromatic rings. The normalized spacial score (nSPS) is 18.9. The lowest BCUT2D eigenvalue weighted by molar-refractivity contribution is -0.137. The van der Waals surface area contributed by atoms with Crippen LogP contribution in [0.1, 0.15) is 50.1 Å². The van der Waals surface area contributed by atoms with Gasteiger partial charge in [-0.25, -0.2) is 0 Å². The first-order valence-corrected chi connectivity index (χ1v) is 15.1. The van der Waals surface area contributed by atoms with Crippen molar-refractivity contribution in [1.82, 2.24) is 9.80 Å². The summed E-state index contributed by atoms with van der Waals surface area (Å²) in [5, 5.41) is 3.09. The molecule has 2 atom stereocenters. The maximum atomic E-state index is 14.4. The molecule has 2 aliphatic rings. The number of nitrogens with zero attached hydrogens (tertiary/aromatic N) is 3. The lowest BCUT2D eigenvalue weighted by atomic mass is 9.78. The molecule has 9 heteroatoms. The van der Waals surface area contributed by atoms with Gasteiger partial charge in [0.1, 0.15) is 0 Å². The third kappa shape index (κ3) is 6.44. The lowest BCUT2D eigenvalue weighted by Crippen LogP contribution is -2.45. The summed E-state index contributed by atoms with van der Waals surface area (Å²) >= 11 is 0. The molecule has 1 N–H and O–H groups in total. The number of piperazine rings is 1. The minimum absolute atomic E-state index is 0.182. The highest BCUT2D eigenvalue weighted by Gasteiger charge is 2.44. The third-order valence-corrected chi connectivity index (χ3v) is 8.76. The highest BCUT2D eigenvalue weighted by Crippen LogP contribution is 2.45. The first-order chi connectivity index (χ1) is 21.6. The van der Waals surface area contributed by atoms with Crippen molar-refractivity contribution in [2.75, 3.05) is 43.4 Å². The molecule has 0 aromatic heterocycles. The van der Waals surface area contributed by atoms with Gasteiger partial charge in [0.25, 0.3) is 5.91 Å². The number of halogens is 3. The predicted octanol–water partition coefficient (Wildman–Crippen LogP) is 6.89. The smallest absolute Gasteiger partial charge is 0.369 e. The highest BCUT2D eigenvalue weighted by atomic mass is 19.4. The highest BCUT2D eigenvalue weighted by molar-refractivity contribution is 6.04. The van der Waals surface area contributed by atoms with Gasteiger partial charge in [0.15, 0.2) is 0 Å². The van der Waals surface area contributed by atoms with Crippen LogP contribution in [-0.2, 0) is 17.5 Å². The topological polar surface area (TPSA) is 55.9 Å². The number of aryl methyl sites for hydroxylation is 1. The van der Waals surface area contributed by atoms with E-state index in [1.165, 1.54) is 12.1 Å². The molecule has 0 unspecified atom stereocenters. The molecule has 2 heterocycles. The van der Waals surface area contributed by atoms with Crippen LogP contribution < -0.4 is 10.2 Å². The number of nitrogens with one attached hydrogen (secondary N) is 1. The Morgan fingerprint density at radius 2 is 1.56 bits per heavy atom. The number of amides is 2. The fourth-order valence-electron chi connectivity index (χ4n) is 6.25. The number of fused-ring (bicyclic) bond motifs is 1. The molecular formula is C36H35F3N4O2. The van der Waals surface area contributed by atoms with E-state index in [0.29, 0.717) is 22.4 Å². The van der Waals surface area contributed by atoms with E-state index in [4.69, 9.17) is 0 Å². The van der Waals surface area contributed by atoms with Gasteiger partial charge in [-0.3, -0.25) is 9.59 Å². The Balaban J connectivity index is 1.40. The number of benzene rings is 4. The number of hydrogen-bond acceptors (Lipinski definition) is 4. The molecule has 232 valence electrons. The maximum Gasteiger partial charge on any atom is 0.416 e. The second kappa shape index (κ2) is 12.4. The Morgan fingerprint density at radius 3 is 2.24 bits per heavy atom. The summed E-state index contributed by atoms with van der Waals surface area (Å²) in [7, 11) is 2.09. The van der Waals surface area contributed by atoms with Crippen molar-refractivity contribution in [2.24, 2.45) is 0 Å². The van der Waals surface area contributed by atoms with Crippen LogP contribution in [0.15, 0.2) is 97.1 Å². The number of likely N-dealkylation sites (N-methyl/N-ethyl adjacent to an activating group) is 1. The Bertz CT molecular complexity index is 1680. The van der Waals surface area contributed by atoms with Gasteiger partial charge in [0.05, 0.1) is 17.5 Å². The zero-order valence-electron chi connectivity index (χ0n) is 25.2. The minimum Gasteiger partial charge on any atom is -0.369 e. The van der Waals surface area contributed by atoms with Crippen LogP contribution in [0.4, 0.5) is 24.5 Å². The second-order valence-electron chi connectivity index (χ2n) is 11.9. The Labute approximate surface area is 261 Å². The fourth-order valence-corrected chi connectivity index (χ4v) is 6.25. The van der Waals surface area contributed by atoms with Gasteiger partial charge in [0.2, 0.25) is 5.91 Å². The van der Waals surface area contributed by atoms with Gasteiger partial charge in [-0.05, 0) is 67.1 Å². The van der Waals surface area contributed by atoms with Gasteiger partial charge in [-0.2, -0.15) is 13.2 Å². The van der Waals surface area contributed by atoms with Crippen molar-refractivity contribution in [2.45, 2.75) is 31.6 Å². The van der Waals surface area contributed by atoms with Crippen molar-refractivity contribution in [3.8, 4) is 0 Å². The van der Waals surface area contributed by atoms with Crippen molar-refractivity contribution in [3.63, 3.8) is 0 Å². The second-order valence-corrected chi connectivity index (χ2v) is 11.9. The van der Waals surface area contributed by atoms with E-state index in [0.717, 1.165) is 55.1 Å². The van der Waals surface area contributed by atoms with Gasteiger partial charge < -0.3 is 20.0 Å². The summed E-state index contributed by atoms with van der Waals surface area (Å²) in [6.45, 7) is 5.77. The van der Waals surface area contributed by atoms with Crippen LogP contribution >= 0.6 is 0 Å². The third-order valence-electron chi connectivity index (χ3n) is 8.76. The van der Waals surface area contributed by atoms with Crippen LogP contribution in [0.3, 0.4) is 0 Å². The number of anilines is 2. The maximum absolute atomic E-state index is 14.4. The molecule has 0 spiro atoms. The van der Waals surface area contributed by atoms with Crippen LogP contribution in [0, 0.1) is 6.92 Å². The standard InChI is InChI=1S/C36H35F3N4O2/c1-24-10-12-25(13-11-24)23-43-33(26-14-16-27(17-15-26)36(37,38)39)32(30-8-3-4-9-31(30)35(43)45)34(44)40-28-6-5-7-29(22-28)42-20-18-41(2)19-21-42/h3-17,22,32-33H,18-21,23H2,1-2H3,(H,40,44)/t32-,33+/m0/s1. The van der Waals surface area contributed by atoms with Gasteiger partial charge in [0, 0.05) is 49.7 Å². The molecule has 1 fully saturated rings. The summed E-state index contributed by atoms with van der Waals surface area (Å²) in [5.41, 5.74) is 4.13. The molecule has 6 rings (SSSR count). The van der Waals surface area contributed by atoms with E-state index in [-0.39, 0.29) is 18.4 Å². The summed E-state index contributed by atoms with van der Waals surface area (Å²) in [6.07, 6.45) is -4.51. The molecule has 0 saturated carbocycles. The first kappa shape index (κ1) is 30.4. The van der Waals surface area contributed by atoms with Crippen molar-refractivity contribution < 1.29 is 22.8 Å². The molecule has 6 nitrogen and oxygen atoms in total. The Kier molecular flexibility index (Phi) is 8.38. The molecule has 0 bridgehead atoms. The molecule has 45 heavy (non-hydrogen) atoms. The zero-order valence-corrected chi connectivity index (χ0v) is 25.2. The molecule has 0 aliphatic carbocycles. The number of rotatable bonds is 6. The minimum atomic E-state index is -4.51.